The van der Waals surface area contributed by atoms with Crippen LogP contribution >= 0.6 is 0 Å². The molecule has 1 N–H and O–H groups in total. The minimum absolute atomic E-state index is 0.0707. The van der Waals surface area contributed by atoms with Crippen molar-refractivity contribution in [2.24, 2.45) is 0 Å². The van der Waals surface area contributed by atoms with Gasteiger partial charge in [-0.15, -0.1) is 0 Å². The molecule has 1 aliphatic rings. The topological polar surface area (TPSA) is 21.3 Å². The van der Waals surface area contributed by atoms with Gasteiger partial charge in [0.05, 0.1) is 11.3 Å². The summed E-state index contributed by atoms with van der Waals surface area (Å²) in [5.41, 5.74) is 1.87. The van der Waals surface area contributed by atoms with E-state index >= 15 is 0 Å². The zero-order valence-corrected chi connectivity index (χ0v) is 14.5. The molecule has 1 unspecified atom stereocenters. The van der Waals surface area contributed by atoms with Crippen LogP contribution in [-0.2, 0) is 10.2 Å². The molecule has 3 rings (SSSR count). The lowest BCUT2D eigenvalue weighted by Crippen LogP contribution is -2.44. The molecular weight excluding hydrogens is 301 g/mol. The van der Waals surface area contributed by atoms with Crippen LogP contribution in [0.3, 0.4) is 0 Å². The van der Waals surface area contributed by atoms with Crippen molar-refractivity contribution in [1.29, 1.82) is 0 Å². The molecule has 0 amide bonds. The second-order valence-corrected chi connectivity index (χ2v) is 7.34. The average Bonchev–Trinajstić information content (AvgIpc) is 2.57. The number of nitrogens with one attached hydrogen (secondary N) is 1. The number of anilines is 1. The molecule has 0 saturated carbocycles. The molecule has 1 aliphatic heterocycles. The van der Waals surface area contributed by atoms with Crippen LogP contribution in [0.5, 0.6) is 0 Å². The largest absolute Gasteiger partial charge is 0.383 e. The van der Waals surface area contributed by atoms with Gasteiger partial charge in [-0.05, 0) is 50.8 Å². The van der Waals surface area contributed by atoms with Crippen molar-refractivity contribution in [1.82, 2.24) is 0 Å². The lowest BCUT2D eigenvalue weighted by atomic mass is 9.67. The molecule has 2 aromatic carbocycles. The Bertz CT molecular complexity index is 671. The maximum atomic E-state index is 13.8. The van der Waals surface area contributed by atoms with Gasteiger partial charge in [-0.1, -0.05) is 42.5 Å². The number of halogens is 1. The Morgan fingerprint density at radius 3 is 2.46 bits per heavy atom. The highest BCUT2D eigenvalue weighted by molar-refractivity contribution is 5.44. The molecule has 1 heterocycles. The predicted octanol–water partition coefficient (Wildman–Crippen LogP) is 5.15. The standard InChI is InChI=1S/C21H26FNO/c1-20(2)16-21(13-15-24-20,17-8-4-3-5-9-17)12-14-23-19-11-7-6-10-18(19)22/h3-11,23H,12-16H2,1-2H3. The molecule has 1 saturated heterocycles. The molecule has 0 aromatic heterocycles. The molecule has 0 radical (unpaired) electrons. The summed E-state index contributed by atoms with van der Waals surface area (Å²) in [6.45, 7) is 5.83. The highest BCUT2D eigenvalue weighted by Gasteiger charge is 2.41. The van der Waals surface area contributed by atoms with E-state index in [0.29, 0.717) is 5.69 Å². The first-order chi connectivity index (χ1) is 11.5. The Kier molecular flexibility index (Phi) is 4.91. The van der Waals surface area contributed by atoms with Crippen molar-refractivity contribution in [2.75, 3.05) is 18.5 Å². The molecule has 0 bridgehead atoms. The van der Waals surface area contributed by atoms with Gasteiger partial charge >= 0.3 is 0 Å². The maximum Gasteiger partial charge on any atom is 0.146 e. The number of para-hydroxylation sites is 1. The van der Waals surface area contributed by atoms with Gasteiger partial charge in [-0.2, -0.15) is 0 Å². The highest BCUT2D eigenvalue weighted by Crippen LogP contribution is 2.43. The van der Waals surface area contributed by atoms with Crippen LogP contribution in [0.25, 0.3) is 0 Å². The number of ether oxygens (including phenoxy) is 1. The predicted molar refractivity (Wildman–Crippen MR) is 96.9 cm³/mol. The van der Waals surface area contributed by atoms with E-state index in [1.165, 1.54) is 11.6 Å². The first kappa shape index (κ1) is 17.0. The van der Waals surface area contributed by atoms with Crippen LogP contribution in [0.4, 0.5) is 10.1 Å². The minimum Gasteiger partial charge on any atom is -0.383 e. The van der Waals surface area contributed by atoms with E-state index in [1.807, 2.05) is 6.07 Å². The SMILES string of the molecule is CC1(C)CC(CCNc2ccccc2F)(c2ccccc2)CCO1. The van der Waals surface area contributed by atoms with Gasteiger partial charge in [-0.25, -0.2) is 4.39 Å². The van der Waals surface area contributed by atoms with Crippen LogP contribution in [-0.4, -0.2) is 18.8 Å². The van der Waals surface area contributed by atoms with Gasteiger partial charge in [0.2, 0.25) is 0 Å². The van der Waals surface area contributed by atoms with Crippen LogP contribution in [0, 0.1) is 5.82 Å². The number of hydrogen-bond donors (Lipinski definition) is 1. The van der Waals surface area contributed by atoms with E-state index in [9.17, 15) is 4.39 Å². The summed E-state index contributed by atoms with van der Waals surface area (Å²) >= 11 is 0. The number of benzene rings is 2. The highest BCUT2D eigenvalue weighted by atomic mass is 19.1. The van der Waals surface area contributed by atoms with E-state index in [2.05, 4.69) is 49.5 Å². The Labute approximate surface area is 144 Å². The monoisotopic (exact) mass is 327 g/mol. The summed E-state index contributed by atoms with van der Waals surface area (Å²) in [6.07, 6.45) is 2.93. The van der Waals surface area contributed by atoms with E-state index in [0.717, 1.165) is 32.4 Å². The van der Waals surface area contributed by atoms with E-state index in [1.54, 1.807) is 12.1 Å². The molecule has 1 fully saturated rings. The lowest BCUT2D eigenvalue weighted by Gasteiger charge is -2.45. The number of hydrogen-bond acceptors (Lipinski definition) is 2. The van der Waals surface area contributed by atoms with E-state index in [-0.39, 0.29) is 16.8 Å². The summed E-state index contributed by atoms with van der Waals surface area (Å²) in [4.78, 5) is 0. The summed E-state index contributed by atoms with van der Waals surface area (Å²) in [6, 6.07) is 17.5. The zero-order chi connectivity index (χ0) is 17.0. The van der Waals surface area contributed by atoms with Crippen LogP contribution in [0.15, 0.2) is 54.6 Å². The first-order valence-corrected chi connectivity index (χ1v) is 8.69. The van der Waals surface area contributed by atoms with Crippen molar-refractivity contribution in [3.8, 4) is 0 Å². The Balaban J connectivity index is 1.77. The van der Waals surface area contributed by atoms with Gasteiger partial charge < -0.3 is 10.1 Å². The third kappa shape index (κ3) is 3.78. The normalized spacial score (nSPS) is 23.0. The van der Waals surface area contributed by atoms with Gasteiger partial charge in [0.15, 0.2) is 0 Å². The quantitative estimate of drug-likeness (QED) is 0.819. The van der Waals surface area contributed by atoms with Gasteiger partial charge in [-0.3, -0.25) is 0 Å². The second kappa shape index (κ2) is 6.94. The van der Waals surface area contributed by atoms with Gasteiger partial charge in [0.1, 0.15) is 5.82 Å². The fourth-order valence-corrected chi connectivity index (χ4v) is 3.91. The molecular formula is C21H26FNO. The lowest BCUT2D eigenvalue weighted by molar-refractivity contribution is -0.0835. The average molecular weight is 327 g/mol. The molecule has 24 heavy (non-hydrogen) atoms. The van der Waals surface area contributed by atoms with Crippen molar-refractivity contribution < 1.29 is 9.13 Å². The Morgan fingerprint density at radius 1 is 1.04 bits per heavy atom. The maximum absolute atomic E-state index is 13.8. The second-order valence-electron chi connectivity index (χ2n) is 7.34. The summed E-state index contributed by atoms with van der Waals surface area (Å²) in [7, 11) is 0. The molecule has 3 heteroatoms. The fraction of sp³-hybridized carbons (Fsp3) is 0.429. The van der Waals surface area contributed by atoms with Crippen LogP contribution in [0.2, 0.25) is 0 Å². The molecule has 2 aromatic rings. The molecule has 0 spiro atoms. The summed E-state index contributed by atoms with van der Waals surface area (Å²) < 4.78 is 19.8. The van der Waals surface area contributed by atoms with E-state index < -0.39 is 0 Å². The molecule has 128 valence electrons. The van der Waals surface area contributed by atoms with Gasteiger partial charge in [0, 0.05) is 18.6 Å². The summed E-state index contributed by atoms with van der Waals surface area (Å²) in [5.74, 6) is -0.196. The van der Waals surface area contributed by atoms with Crippen LogP contribution < -0.4 is 5.32 Å². The molecule has 0 aliphatic carbocycles. The van der Waals surface area contributed by atoms with Crippen molar-refractivity contribution in [3.05, 3.63) is 66.0 Å². The third-order valence-corrected chi connectivity index (χ3v) is 5.02. The summed E-state index contributed by atoms with van der Waals surface area (Å²) in [5, 5.41) is 3.27. The van der Waals surface area contributed by atoms with Gasteiger partial charge in [0.25, 0.3) is 0 Å². The van der Waals surface area contributed by atoms with Crippen molar-refractivity contribution in [2.45, 2.75) is 44.1 Å². The molecule has 1 atom stereocenters. The Hall–Kier alpha value is -1.87. The number of rotatable bonds is 5. The molecule has 2 nitrogen and oxygen atoms in total. The Morgan fingerprint density at radius 2 is 1.75 bits per heavy atom. The minimum atomic E-state index is -0.196. The fourth-order valence-electron chi connectivity index (χ4n) is 3.91. The van der Waals surface area contributed by atoms with E-state index in [4.69, 9.17) is 4.74 Å². The van der Waals surface area contributed by atoms with Crippen LogP contribution in [0.1, 0.15) is 38.7 Å². The smallest absolute Gasteiger partial charge is 0.146 e. The van der Waals surface area contributed by atoms with Crippen molar-refractivity contribution >= 4 is 5.69 Å². The third-order valence-electron chi connectivity index (χ3n) is 5.02. The first-order valence-electron chi connectivity index (χ1n) is 8.69. The zero-order valence-electron chi connectivity index (χ0n) is 14.5. The van der Waals surface area contributed by atoms with Crippen molar-refractivity contribution in [3.63, 3.8) is 0 Å².